The Balaban J connectivity index is 1.45. The number of ether oxygens (including phenoxy) is 1. The summed E-state index contributed by atoms with van der Waals surface area (Å²) in [5, 5.41) is 0.640. The third-order valence-corrected chi connectivity index (χ3v) is 8.09. The van der Waals surface area contributed by atoms with Gasteiger partial charge < -0.3 is 9.53 Å². The van der Waals surface area contributed by atoms with Gasteiger partial charge in [-0.15, -0.1) is 11.8 Å². The van der Waals surface area contributed by atoms with Crippen LogP contribution in [-0.2, 0) is 4.79 Å². The fourth-order valence-electron chi connectivity index (χ4n) is 4.80. The summed E-state index contributed by atoms with van der Waals surface area (Å²) >= 11 is 2.00. The molecule has 0 spiro atoms. The predicted molar refractivity (Wildman–Crippen MR) is 124 cm³/mol. The Hall–Kier alpha value is -0.960. The number of rotatable bonds is 6. The van der Waals surface area contributed by atoms with E-state index >= 15 is 0 Å². The minimum atomic E-state index is 0.282. The van der Waals surface area contributed by atoms with Crippen LogP contribution >= 0.6 is 11.8 Å². The van der Waals surface area contributed by atoms with E-state index in [9.17, 15) is 4.79 Å². The third kappa shape index (κ3) is 8.74. The molecule has 2 atom stereocenters. The lowest BCUT2D eigenvalue weighted by atomic mass is 9.98. The zero-order valence-corrected chi connectivity index (χ0v) is 19.0. The van der Waals surface area contributed by atoms with Crippen LogP contribution in [0.3, 0.4) is 0 Å². The number of carbonyl (C=O) groups is 1. The van der Waals surface area contributed by atoms with Crippen molar-refractivity contribution in [3.8, 4) is 5.75 Å². The van der Waals surface area contributed by atoms with Gasteiger partial charge in [0.15, 0.2) is 0 Å². The first-order valence-corrected chi connectivity index (χ1v) is 13.1. The maximum Gasteiger partial charge on any atom is 0.123 e. The van der Waals surface area contributed by atoms with Gasteiger partial charge in [-0.25, -0.2) is 0 Å². The van der Waals surface area contributed by atoms with Crippen LogP contribution in [0.25, 0.3) is 0 Å². The Kier molecular flexibility index (Phi) is 10.5. The van der Waals surface area contributed by atoms with Crippen molar-refractivity contribution < 1.29 is 9.53 Å². The van der Waals surface area contributed by atoms with E-state index < -0.39 is 0 Å². The molecular formula is C26H40O2S. The molecule has 3 rings (SSSR count). The molecule has 0 amide bonds. The van der Waals surface area contributed by atoms with E-state index in [4.69, 9.17) is 4.74 Å². The molecule has 2 fully saturated rings. The van der Waals surface area contributed by atoms with E-state index in [1.165, 1.54) is 88.2 Å². The molecule has 0 aromatic heterocycles. The molecular weight excluding hydrogens is 376 g/mol. The molecule has 29 heavy (non-hydrogen) atoms. The van der Waals surface area contributed by atoms with Gasteiger partial charge in [-0.1, -0.05) is 57.8 Å². The van der Waals surface area contributed by atoms with Gasteiger partial charge in [-0.2, -0.15) is 0 Å². The highest BCUT2D eigenvalue weighted by Crippen LogP contribution is 2.34. The SMILES string of the molecule is O=CC1CCCCCC(Sc2ccc(OCC3CCCCCCCC3)cc2)CC1. The maximum absolute atomic E-state index is 11.2. The molecule has 0 heterocycles. The van der Waals surface area contributed by atoms with E-state index in [2.05, 4.69) is 24.3 Å². The Morgan fingerprint density at radius 3 is 2.10 bits per heavy atom. The lowest BCUT2D eigenvalue weighted by molar-refractivity contribution is -0.111. The Labute approximate surface area is 182 Å². The Bertz CT molecular complexity index is 561. The number of benzene rings is 1. The van der Waals surface area contributed by atoms with E-state index in [-0.39, 0.29) is 5.92 Å². The number of aldehydes is 1. The van der Waals surface area contributed by atoms with Crippen molar-refractivity contribution in [1.29, 1.82) is 0 Å². The minimum Gasteiger partial charge on any atom is -0.493 e. The van der Waals surface area contributed by atoms with Crippen molar-refractivity contribution >= 4 is 18.0 Å². The Morgan fingerprint density at radius 2 is 1.38 bits per heavy atom. The fourth-order valence-corrected chi connectivity index (χ4v) is 6.02. The maximum atomic E-state index is 11.2. The van der Waals surface area contributed by atoms with Crippen molar-refractivity contribution in [1.82, 2.24) is 0 Å². The van der Waals surface area contributed by atoms with Gasteiger partial charge in [0, 0.05) is 16.1 Å². The summed E-state index contributed by atoms with van der Waals surface area (Å²) in [4.78, 5) is 12.6. The molecule has 1 aromatic rings. The molecule has 162 valence electrons. The second kappa shape index (κ2) is 13.4. The molecule has 0 radical (unpaired) electrons. The molecule has 2 aliphatic carbocycles. The van der Waals surface area contributed by atoms with Crippen LogP contribution in [0.1, 0.15) is 96.3 Å². The van der Waals surface area contributed by atoms with Crippen molar-refractivity contribution in [2.24, 2.45) is 11.8 Å². The van der Waals surface area contributed by atoms with Crippen molar-refractivity contribution in [3.63, 3.8) is 0 Å². The van der Waals surface area contributed by atoms with Gasteiger partial charge >= 0.3 is 0 Å². The van der Waals surface area contributed by atoms with Crippen LogP contribution in [0.2, 0.25) is 0 Å². The van der Waals surface area contributed by atoms with Gasteiger partial charge in [0.1, 0.15) is 12.0 Å². The average molecular weight is 417 g/mol. The van der Waals surface area contributed by atoms with E-state index in [0.29, 0.717) is 5.25 Å². The molecule has 0 N–H and O–H groups in total. The second-order valence-corrected chi connectivity index (χ2v) is 10.6. The van der Waals surface area contributed by atoms with Gasteiger partial charge in [-0.05, 0) is 68.7 Å². The first-order valence-electron chi connectivity index (χ1n) is 12.2. The molecule has 3 heteroatoms. The largest absolute Gasteiger partial charge is 0.493 e. The molecule has 0 saturated heterocycles. The molecule has 2 unspecified atom stereocenters. The van der Waals surface area contributed by atoms with Gasteiger partial charge in [0.2, 0.25) is 0 Å². The highest BCUT2D eigenvalue weighted by molar-refractivity contribution is 8.00. The quantitative estimate of drug-likeness (QED) is 0.442. The van der Waals surface area contributed by atoms with Gasteiger partial charge in [0.05, 0.1) is 6.61 Å². The first kappa shape index (κ1) is 22.7. The van der Waals surface area contributed by atoms with Crippen LogP contribution in [0.5, 0.6) is 5.75 Å². The monoisotopic (exact) mass is 416 g/mol. The normalized spacial score (nSPS) is 25.5. The summed E-state index contributed by atoms with van der Waals surface area (Å²) in [5.41, 5.74) is 0. The minimum absolute atomic E-state index is 0.282. The number of thioether (sulfide) groups is 1. The van der Waals surface area contributed by atoms with Gasteiger partial charge in [-0.3, -0.25) is 0 Å². The van der Waals surface area contributed by atoms with Crippen molar-refractivity contribution in [3.05, 3.63) is 24.3 Å². The molecule has 0 aliphatic heterocycles. The molecule has 2 aliphatic rings. The summed E-state index contributed by atoms with van der Waals surface area (Å²) in [6.07, 6.45) is 20.6. The van der Waals surface area contributed by atoms with E-state index in [1.54, 1.807) is 0 Å². The van der Waals surface area contributed by atoms with E-state index in [1.807, 2.05) is 11.8 Å². The lowest BCUT2D eigenvalue weighted by Gasteiger charge is -2.18. The summed E-state index contributed by atoms with van der Waals surface area (Å²) in [6, 6.07) is 8.77. The van der Waals surface area contributed by atoms with Crippen LogP contribution in [0.15, 0.2) is 29.2 Å². The topological polar surface area (TPSA) is 26.3 Å². The summed E-state index contributed by atoms with van der Waals surface area (Å²) in [7, 11) is 0. The average Bonchev–Trinajstić information content (AvgIpc) is 2.95. The summed E-state index contributed by atoms with van der Waals surface area (Å²) < 4.78 is 6.16. The summed E-state index contributed by atoms with van der Waals surface area (Å²) in [6.45, 7) is 0.877. The lowest BCUT2D eigenvalue weighted by Crippen LogP contribution is -2.12. The molecule has 1 aromatic carbocycles. The summed E-state index contributed by atoms with van der Waals surface area (Å²) in [5.74, 6) is 2.03. The van der Waals surface area contributed by atoms with Crippen LogP contribution in [0.4, 0.5) is 0 Å². The highest BCUT2D eigenvalue weighted by Gasteiger charge is 2.17. The second-order valence-electron chi connectivity index (χ2n) is 9.20. The zero-order valence-electron chi connectivity index (χ0n) is 18.2. The van der Waals surface area contributed by atoms with Crippen molar-refractivity contribution in [2.45, 2.75) is 106 Å². The van der Waals surface area contributed by atoms with Crippen LogP contribution < -0.4 is 4.74 Å². The first-order chi connectivity index (χ1) is 14.3. The van der Waals surface area contributed by atoms with Crippen LogP contribution in [-0.4, -0.2) is 18.1 Å². The number of carbonyl (C=O) groups excluding carboxylic acids is 1. The Morgan fingerprint density at radius 1 is 0.759 bits per heavy atom. The zero-order chi connectivity index (χ0) is 20.2. The van der Waals surface area contributed by atoms with E-state index in [0.717, 1.165) is 37.5 Å². The fraction of sp³-hybridized carbons (Fsp3) is 0.731. The number of hydrogen-bond acceptors (Lipinski definition) is 3. The molecule has 2 saturated carbocycles. The van der Waals surface area contributed by atoms with Crippen molar-refractivity contribution in [2.75, 3.05) is 6.61 Å². The van der Waals surface area contributed by atoms with Gasteiger partial charge in [0.25, 0.3) is 0 Å². The highest BCUT2D eigenvalue weighted by atomic mass is 32.2. The van der Waals surface area contributed by atoms with Crippen LogP contribution in [0, 0.1) is 11.8 Å². The third-order valence-electron chi connectivity index (χ3n) is 6.74. The standard InChI is InChI=1S/C26H40O2S/c27-20-22-10-8-5-9-13-25(17-14-22)29-26-18-15-24(16-19-26)28-21-23-11-6-3-1-2-4-7-12-23/h15-16,18-20,22-23,25H,1-14,17,21H2. The smallest absolute Gasteiger partial charge is 0.123 e. The molecule has 0 bridgehead atoms. The molecule has 2 nitrogen and oxygen atoms in total. The predicted octanol–water partition coefficient (Wildman–Crippen LogP) is 7.84. The number of hydrogen-bond donors (Lipinski definition) is 0.